The third-order valence-corrected chi connectivity index (χ3v) is 4.80. The Hall–Kier alpha value is -1.64. The zero-order chi connectivity index (χ0) is 14.9. The lowest BCUT2D eigenvalue weighted by Crippen LogP contribution is -2.37. The molecule has 1 atom stereocenters. The minimum Gasteiger partial charge on any atom is -0.306 e. The van der Waals surface area contributed by atoms with Crippen molar-refractivity contribution in [3.05, 3.63) is 24.4 Å². The Labute approximate surface area is 118 Å². The van der Waals surface area contributed by atoms with Crippen molar-refractivity contribution in [3.8, 4) is 0 Å². The van der Waals surface area contributed by atoms with Crippen molar-refractivity contribution < 1.29 is 8.42 Å². The van der Waals surface area contributed by atoms with Crippen LogP contribution < -0.4 is 16.0 Å². The first-order valence-corrected chi connectivity index (χ1v) is 7.81. The molecule has 0 radical (unpaired) electrons. The Bertz CT molecular complexity index is 708. The summed E-state index contributed by atoms with van der Waals surface area (Å²) in [5.41, 5.74) is 2.85. The highest BCUT2D eigenvalue weighted by molar-refractivity contribution is 7.89. The van der Waals surface area contributed by atoms with Crippen molar-refractivity contribution in [1.82, 2.24) is 14.1 Å². The normalized spacial score (nSPS) is 13.8. The van der Waals surface area contributed by atoms with Gasteiger partial charge in [-0.05, 0) is 25.0 Å². The number of sulfonamides is 1. The SMILES string of the molecule is CC(C)C(C)NS(=O)(=O)c1c(NN)nc2ccccn12. The predicted molar refractivity (Wildman–Crippen MR) is 77.6 cm³/mol. The van der Waals surface area contributed by atoms with Crippen molar-refractivity contribution >= 4 is 21.5 Å². The first-order chi connectivity index (χ1) is 9.36. The number of aromatic nitrogens is 2. The molecule has 0 aliphatic carbocycles. The van der Waals surface area contributed by atoms with Crippen LogP contribution in [0.1, 0.15) is 20.8 Å². The lowest BCUT2D eigenvalue weighted by molar-refractivity contribution is 0.475. The molecule has 0 bridgehead atoms. The van der Waals surface area contributed by atoms with Crippen LogP contribution in [0.15, 0.2) is 29.4 Å². The molecule has 0 aromatic carbocycles. The third kappa shape index (κ3) is 2.62. The lowest BCUT2D eigenvalue weighted by atomic mass is 10.1. The standard InChI is InChI=1S/C12H19N5O2S/c1-8(2)9(3)16-20(18,19)12-11(15-13)14-10-6-4-5-7-17(10)12/h4-9,15-16H,13H2,1-3H3. The number of anilines is 1. The van der Waals surface area contributed by atoms with Gasteiger partial charge in [-0.15, -0.1) is 0 Å². The van der Waals surface area contributed by atoms with Crippen molar-refractivity contribution in [1.29, 1.82) is 0 Å². The second-order valence-electron chi connectivity index (χ2n) is 4.99. The summed E-state index contributed by atoms with van der Waals surface area (Å²) < 4.78 is 29.2. The van der Waals surface area contributed by atoms with Crippen LogP contribution >= 0.6 is 0 Å². The first-order valence-electron chi connectivity index (χ1n) is 6.33. The van der Waals surface area contributed by atoms with Gasteiger partial charge in [0.2, 0.25) is 0 Å². The van der Waals surface area contributed by atoms with Crippen LogP contribution in [0, 0.1) is 5.92 Å². The number of nitrogens with zero attached hydrogens (tertiary/aromatic N) is 2. The van der Waals surface area contributed by atoms with Gasteiger partial charge in [0.1, 0.15) is 5.65 Å². The molecule has 7 nitrogen and oxygen atoms in total. The number of rotatable bonds is 5. The Balaban J connectivity index is 2.56. The fraction of sp³-hybridized carbons (Fsp3) is 0.417. The molecule has 8 heteroatoms. The molecule has 4 N–H and O–H groups in total. The lowest BCUT2D eigenvalue weighted by Gasteiger charge is -2.17. The molecule has 1 unspecified atom stereocenters. The van der Waals surface area contributed by atoms with E-state index in [-0.39, 0.29) is 22.8 Å². The molecule has 0 amide bonds. The zero-order valence-corrected chi connectivity index (χ0v) is 12.5. The van der Waals surface area contributed by atoms with Crippen molar-refractivity contribution in [3.63, 3.8) is 0 Å². The molecule has 20 heavy (non-hydrogen) atoms. The van der Waals surface area contributed by atoms with Gasteiger partial charge in [0.15, 0.2) is 10.8 Å². The summed E-state index contributed by atoms with van der Waals surface area (Å²) in [5, 5.41) is 0.0168. The van der Waals surface area contributed by atoms with E-state index >= 15 is 0 Å². The Morgan fingerprint density at radius 3 is 2.60 bits per heavy atom. The summed E-state index contributed by atoms with van der Waals surface area (Å²) in [5.74, 6) is 5.69. The molecular formula is C12H19N5O2S. The fourth-order valence-corrected chi connectivity index (χ4v) is 3.41. The molecule has 0 aliphatic rings. The van der Waals surface area contributed by atoms with E-state index in [1.54, 1.807) is 24.4 Å². The summed E-state index contributed by atoms with van der Waals surface area (Å²) >= 11 is 0. The summed E-state index contributed by atoms with van der Waals surface area (Å²) in [6, 6.07) is 5.04. The molecule has 0 aliphatic heterocycles. The molecule has 0 saturated heterocycles. The number of pyridine rings is 1. The Morgan fingerprint density at radius 1 is 1.30 bits per heavy atom. The second kappa shape index (κ2) is 5.39. The van der Waals surface area contributed by atoms with Gasteiger partial charge in [-0.3, -0.25) is 4.40 Å². The van der Waals surface area contributed by atoms with E-state index in [0.717, 1.165) is 0 Å². The largest absolute Gasteiger partial charge is 0.306 e. The van der Waals surface area contributed by atoms with Crippen molar-refractivity contribution in [2.45, 2.75) is 31.8 Å². The molecule has 2 aromatic heterocycles. The predicted octanol–water partition coefficient (Wildman–Crippen LogP) is 0.943. The summed E-state index contributed by atoms with van der Waals surface area (Å²) in [6.45, 7) is 5.72. The number of nitrogen functional groups attached to an aromatic ring is 1. The van der Waals surface area contributed by atoms with Gasteiger partial charge < -0.3 is 5.43 Å². The third-order valence-electron chi connectivity index (χ3n) is 3.22. The van der Waals surface area contributed by atoms with Crippen LogP contribution in [-0.4, -0.2) is 23.8 Å². The molecule has 2 rings (SSSR count). The number of fused-ring (bicyclic) bond motifs is 1. The zero-order valence-electron chi connectivity index (χ0n) is 11.7. The Kier molecular flexibility index (Phi) is 3.98. The van der Waals surface area contributed by atoms with Crippen LogP contribution in [0.25, 0.3) is 5.65 Å². The maximum atomic E-state index is 12.5. The smallest absolute Gasteiger partial charge is 0.260 e. The monoisotopic (exact) mass is 297 g/mol. The highest BCUT2D eigenvalue weighted by Gasteiger charge is 2.27. The molecule has 0 spiro atoms. The average molecular weight is 297 g/mol. The van der Waals surface area contributed by atoms with E-state index in [1.807, 2.05) is 20.8 Å². The summed E-state index contributed by atoms with van der Waals surface area (Å²) in [7, 11) is -3.72. The number of nitrogens with one attached hydrogen (secondary N) is 2. The Morgan fingerprint density at radius 2 is 2.00 bits per heavy atom. The molecule has 2 aromatic rings. The van der Waals surface area contributed by atoms with E-state index in [1.165, 1.54) is 4.40 Å². The quantitative estimate of drug-likeness (QED) is 0.563. The number of nitrogens with two attached hydrogens (primary N) is 1. The van der Waals surface area contributed by atoms with E-state index in [2.05, 4.69) is 15.1 Å². The van der Waals surface area contributed by atoms with Gasteiger partial charge >= 0.3 is 0 Å². The van der Waals surface area contributed by atoms with Gasteiger partial charge in [0.05, 0.1) is 0 Å². The summed E-state index contributed by atoms with van der Waals surface area (Å²) in [6.07, 6.45) is 1.64. The van der Waals surface area contributed by atoms with Gasteiger partial charge in [-0.1, -0.05) is 19.9 Å². The highest BCUT2D eigenvalue weighted by Crippen LogP contribution is 2.22. The van der Waals surface area contributed by atoms with Crippen LogP contribution in [0.2, 0.25) is 0 Å². The van der Waals surface area contributed by atoms with Gasteiger partial charge in [0.25, 0.3) is 10.0 Å². The first kappa shape index (κ1) is 14.8. The number of hydrogen-bond acceptors (Lipinski definition) is 5. The van der Waals surface area contributed by atoms with E-state index in [0.29, 0.717) is 5.65 Å². The van der Waals surface area contributed by atoms with Crippen LogP contribution in [0.5, 0.6) is 0 Å². The number of imidazole rings is 1. The number of hydrazine groups is 1. The summed E-state index contributed by atoms with van der Waals surface area (Å²) in [4.78, 5) is 4.16. The van der Waals surface area contributed by atoms with Gasteiger partial charge in [0, 0.05) is 12.2 Å². The fourth-order valence-electron chi connectivity index (χ4n) is 1.76. The van der Waals surface area contributed by atoms with Crippen LogP contribution in [0.4, 0.5) is 5.82 Å². The van der Waals surface area contributed by atoms with E-state index in [4.69, 9.17) is 5.84 Å². The molecule has 0 fully saturated rings. The minimum atomic E-state index is -3.72. The van der Waals surface area contributed by atoms with Crippen LogP contribution in [-0.2, 0) is 10.0 Å². The molecule has 2 heterocycles. The van der Waals surface area contributed by atoms with Gasteiger partial charge in [-0.25, -0.2) is 24.0 Å². The molecule has 0 saturated carbocycles. The van der Waals surface area contributed by atoms with Crippen LogP contribution in [0.3, 0.4) is 0 Å². The minimum absolute atomic E-state index is 0.0168. The maximum Gasteiger partial charge on any atom is 0.260 e. The number of hydrogen-bond donors (Lipinski definition) is 3. The van der Waals surface area contributed by atoms with Crippen molar-refractivity contribution in [2.24, 2.45) is 11.8 Å². The van der Waals surface area contributed by atoms with Gasteiger partial charge in [-0.2, -0.15) is 0 Å². The highest BCUT2D eigenvalue weighted by atomic mass is 32.2. The molecular weight excluding hydrogens is 278 g/mol. The molecule has 110 valence electrons. The topological polar surface area (TPSA) is 102 Å². The maximum absolute atomic E-state index is 12.5. The van der Waals surface area contributed by atoms with E-state index in [9.17, 15) is 8.42 Å². The van der Waals surface area contributed by atoms with E-state index < -0.39 is 10.0 Å². The second-order valence-corrected chi connectivity index (χ2v) is 6.62. The van der Waals surface area contributed by atoms with Crippen molar-refractivity contribution in [2.75, 3.05) is 5.43 Å². The average Bonchev–Trinajstić information content (AvgIpc) is 2.77.